The second kappa shape index (κ2) is 5.13. The van der Waals surface area contributed by atoms with Gasteiger partial charge < -0.3 is 10.1 Å². The fraction of sp³-hybridized carbons (Fsp3) is 1.00. The Morgan fingerprint density at radius 1 is 1.06 bits per heavy atom. The summed E-state index contributed by atoms with van der Waals surface area (Å²) >= 11 is 0. The number of hydrogen-bond donors (Lipinski definition) is 1. The zero-order chi connectivity index (χ0) is 13.4. The highest BCUT2D eigenvalue weighted by atomic mass is 16.5. The first-order chi connectivity index (χ1) is 8.27. The first-order valence-electron chi connectivity index (χ1n) is 7.61. The highest BCUT2D eigenvalue weighted by Gasteiger charge is 2.39. The highest BCUT2D eigenvalue weighted by Crippen LogP contribution is 2.45. The maximum absolute atomic E-state index is 5.54. The molecule has 1 N–H and O–H groups in total. The van der Waals surface area contributed by atoms with Gasteiger partial charge in [0, 0.05) is 18.7 Å². The summed E-state index contributed by atoms with van der Waals surface area (Å²) in [6, 6.07) is 1.35. The zero-order valence-corrected chi connectivity index (χ0v) is 12.9. The van der Waals surface area contributed by atoms with Gasteiger partial charge in [0.1, 0.15) is 0 Å². The van der Waals surface area contributed by atoms with Gasteiger partial charge >= 0.3 is 0 Å². The summed E-state index contributed by atoms with van der Waals surface area (Å²) in [7, 11) is 0. The third-order valence-electron chi connectivity index (χ3n) is 4.65. The first-order valence-corrected chi connectivity index (χ1v) is 7.61. The molecule has 0 aromatic rings. The molecule has 0 spiro atoms. The van der Waals surface area contributed by atoms with E-state index in [2.05, 4.69) is 39.9 Å². The van der Waals surface area contributed by atoms with E-state index < -0.39 is 0 Å². The van der Waals surface area contributed by atoms with E-state index in [4.69, 9.17) is 4.74 Å². The minimum absolute atomic E-state index is 0.480. The summed E-state index contributed by atoms with van der Waals surface area (Å²) in [5, 5.41) is 3.94. The molecule has 0 aromatic heterocycles. The fourth-order valence-electron chi connectivity index (χ4n) is 4.39. The summed E-state index contributed by atoms with van der Waals surface area (Å²) < 4.78 is 5.54. The van der Waals surface area contributed by atoms with Crippen LogP contribution in [0.15, 0.2) is 0 Å². The molecular weight excluding hydrogens is 222 g/mol. The summed E-state index contributed by atoms with van der Waals surface area (Å²) in [5.74, 6) is 0.659. The third kappa shape index (κ3) is 3.71. The van der Waals surface area contributed by atoms with Crippen molar-refractivity contribution in [1.82, 2.24) is 5.32 Å². The molecule has 0 radical (unpaired) electrons. The number of hydrogen-bond acceptors (Lipinski definition) is 2. The topological polar surface area (TPSA) is 21.3 Å². The van der Waals surface area contributed by atoms with E-state index in [0.29, 0.717) is 28.8 Å². The average Bonchev–Trinajstić information content (AvgIpc) is 2.16. The van der Waals surface area contributed by atoms with Gasteiger partial charge in [0.2, 0.25) is 0 Å². The second-order valence-electron chi connectivity index (χ2n) is 8.22. The van der Waals surface area contributed by atoms with Crippen molar-refractivity contribution in [2.75, 3.05) is 13.2 Å². The number of ether oxygens (including phenoxy) is 1. The first kappa shape index (κ1) is 14.3. The molecule has 106 valence electrons. The van der Waals surface area contributed by atoms with Crippen LogP contribution >= 0.6 is 0 Å². The Balaban J connectivity index is 1.95. The highest BCUT2D eigenvalue weighted by molar-refractivity contribution is 4.94. The molecule has 2 aliphatic rings. The summed E-state index contributed by atoms with van der Waals surface area (Å²) in [6.07, 6.45) is 5.17. The molecule has 2 fully saturated rings. The normalized spacial score (nSPS) is 36.5. The van der Waals surface area contributed by atoms with E-state index >= 15 is 0 Å². The SMILES string of the molecule is CC1COCCC1NC1CC(C)(C)CC(C)(C)C1. The van der Waals surface area contributed by atoms with Crippen molar-refractivity contribution in [3.05, 3.63) is 0 Å². The molecule has 1 aliphatic heterocycles. The Morgan fingerprint density at radius 2 is 1.67 bits per heavy atom. The van der Waals surface area contributed by atoms with Gasteiger partial charge in [0.25, 0.3) is 0 Å². The van der Waals surface area contributed by atoms with Crippen LogP contribution in [0.5, 0.6) is 0 Å². The molecule has 0 amide bonds. The summed E-state index contributed by atoms with van der Waals surface area (Å²) in [6.45, 7) is 13.9. The number of rotatable bonds is 2. The lowest BCUT2D eigenvalue weighted by Crippen LogP contribution is -2.51. The molecule has 1 heterocycles. The van der Waals surface area contributed by atoms with Crippen molar-refractivity contribution in [1.29, 1.82) is 0 Å². The van der Waals surface area contributed by atoms with Crippen LogP contribution in [0.3, 0.4) is 0 Å². The molecule has 2 nitrogen and oxygen atoms in total. The standard InChI is InChI=1S/C16H31NO/c1-12-10-18-7-6-14(12)17-13-8-15(2,3)11-16(4,5)9-13/h12-14,17H,6-11H2,1-5H3. The average molecular weight is 253 g/mol. The predicted octanol–water partition coefficient (Wildman–Crippen LogP) is 3.61. The minimum Gasteiger partial charge on any atom is -0.381 e. The Kier molecular flexibility index (Phi) is 4.08. The molecular formula is C16H31NO. The smallest absolute Gasteiger partial charge is 0.0506 e. The van der Waals surface area contributed by atoms with Crippen LogP contribution in [0.1, 0.15) is 60.3 Å². The predicted molar refractivity (Wildman–Crippen MR) is 76.7 cm³/mol. The maximum atomic E-state index is 5.54. The van der Waals surface area contributed by atoms with Crippen molar-refractivity contribution in [3.63, 3.8) is 0 Å². The van der Waals surface area contributed by atoms with Crippen LogP contribution in [0.25, 0.3) is 0 Å². The van der Waals surface area contributed by atoms with Gasteiger partial charge in [-0.15, -0.1) is 0 Å². The summed E-state index contributed by atoms with van der Waals surface area (Å²) in [5.41, 5.74) is 0.960. The lowest BCUT2D eigenvalue weighted by atomic mass is 9.63. The largest absolute Gasteiger partial charge is 0.381 e. The van der Waals surface area contributed by atoms with Crippen molar-refractivity contribution < 1.29 is 4.74 Å². The lowest BCUT2D eigenvalue weighted by Gasteiger charge is -2.47. The quantitative estimate of drug-likeness (QED) is 0.812. The Labute approximate surface area is 113 Å². The lowest BCUT2D eigenvalue weighted by molar-refractivity contribution is 0.0209. The van der Waals surface area contributed by atoms with Crippen molar-refractivity contribution in [3.8, 4) is 0 Å². The van der Waals surface area contributed by atoms with E-state index in [0.717, 1.165) is 13.2 Å². The molecule has 0 aromatic carbocycles. The van der Waals surface area contributed by atoms with Gasteiger partial charge in [0.05, 0.1) is 6.61 Å². The Bertz CT molecular complexity index is 269. The second-order valence-corrected chi connectivity index (χ2v) is 8.22. The Hall–Kier alpha value is -0.0800. The van der Waals surface area contributed by atoms with Crippen LogP contribution in [-0.2, 0) is 4.74 Å². The molecule has 18 heavy (non-hydrogen) atoms. The van der Waals surface area contributed by atoms with Crippen molar-refractivity contribution in [2.24, 2.45) is 16.7 Å². The van der Waals surface area contributed by atoms with E-state index in [9.17, 15) is 0 Å². The monoisotopic (exact) mass is 253 g/mol. The van der Waals surface area contributed by atoms with Crippen LogP contribution in [-0.4, -0.2) is 25.3 Å². The van der Waals surface area contributed by atoms with E-state index in [1.54, 1.807) is 0 Å². The molecule has 2 atom stereocenters. The fourth-order valence-corrected chi connectivity index (χ4v) is 4.39. The van der Waals surface area contributed by atoms with Gasteiger partial charge in [-0.1, -0.05) is 34.6 Å². The molecule has 2 rings (SSSR count). The molecule has 1 aliphatic carbocycles. The molecule has 0 bridgehead atoms. The molecule has 1 saturated heterocycles. The van der Waals surface area contributed by atoms with Gasteiger partial charge in [-0.05, 0) is 42.4 Å². The van der Waals surface area contributed by atoms with Gasteiger partial charge in [-0.25, -0.2) is 0 Å². The van der Waals surface area contributed by atoms with E-state index in [1.165, 1.54) is 25.7 Å². The molecule has 2 unspecified atom stereocenters. The van der Waals surface area contributed by atoms with E-state index in [-0.39, 0.29) is 0 Å². The van der Waals surface area contributed by atoms with Gasteiger partial charge in [0.15, 0.2) is 0 Å². The van der Waals surface area contributed by atoms with Gasteiger partial charge in [-0.3, -0.25) is 0 Å². The molecule has 2 heteroatoms. The van der Waals surface area contributed by atoms with Crippen molar-refractivity contribution >= 4 is 0 Å². The van der Waals surface area contributed by atoms with E-state index in [1.807, 2.05) is 0 Å². The summed E-state index contributed by atoms with van der Waals surface area (Å²) in [4.78, 5) is 0. The van der Waals surface area contributed by atoms with Crippen LogP contribution in [0.2, 0.25) is 0 Å². The van der Waals surface area contributed by atoms with Gasteiger partial charge in [-0.2, -0.15) is 0 Å². The zero-order valence-electron chi connectivity index (χ0n) is 12.9. The van der Waals surface area contributed by atoms with Crippen LogP contribution < -0.4 is 5.32 Å². The minimum atomic E-state index is 0.480. The Morgan fingerprint density at radius 3 is 2.22 bits per heavy atom. The van der Waals surface area contributed by atoms with Crippen molar-refractivity contribution in [2.45, 2.75) is 72.4 Å². The van der Waals surface area contributed by atoms with Crippen LogP contribution in [0, 0.1) is 16.7 Å². The number of nitrogens with one attached hydrogen (secondary N) is 1. The maximum Gasteiger partial charge on any atom is 0.0506 e. The van der Waals surface area contributed by atoms with Crippen LogP contribution in [0.4, 0.5) is 0 Å². The third-order valence-corrected chi connectivity index (χ3v) is 4.65. The molecule has 1 saturated carbocycles.